The maximum absolute atomic E-state index is 13.6. The van der Waals surface area contributed by atoms with E-state index < -0.39 is 63.0 Å². The summed E-state index contributed by atoms with van der Waals surface area (Å²) < 4.78 is 0.580. The lowest BCUT2D eigenvalue weighted by Crippen LogP contribution is -2.42. The molecule has 0 aromatic heterocycles. The Morgan fingerprint density at radius 2 is 1.36 bits per heavy atom. The van der Waals surface area contributed by atoms with Gasteiger partial charge in [0.2, 0.25) is 0 Å². The van der Waals surface area contributed by atoms with E-state index in [0.29, 0.717) is 0 Å². The fourth-order valence-electron chi connectivity index (χ4n) is 3.05. The van der Waals surface area contributed by atoms with Crippen molar-refractivity contribution in [1.29, 1.82) is 0 Å². The Hall–Kier alpha value is -0.460. The molecule has 1 rings (SSSR count). The molecule has 1 aromatic carbocycles. The summed E-state index contributed by atoms with van der Waals surface area (Å²) in [6.07, 6.45) is -2.54. The Labute approximate surface area is 247 Å². The van der Waals surface area contributed by atoms with E-state index in [1.807, 2.05) is 0 Å². The molecule has 0 saturated carbocycles. The van der Waals surface area contributed by atoms with E-state index in [-0.39, 0.29) is 53.7 Å². The van der Waals surface area contributed by atoms with Crippen LogP contribution in [0.4, 0.5) is 5.69 Å². The lowest BCUT2D eigenvalue weighted by Gasteiger charge is -2.29. The second-order valence-electron chi connectivity index (χ2n) is 7.33. The summed E-state index contributed by atoms with van der Waals surface area (Å²) in [5.74, 6) is -2.25. The topological polar surface area (TPSA) is 211 Å². The smallest absolute Gasteiger partial charge is 0.256 e. The molecule has 8 N–H and O–H groups in total. The fraction of sp³-hybridized carbons (Fsp3) is 0.550. The van der Waals surface area contributed by atoms with E-state index in [1.54, 1.807) is 67.8 Å². The zero-order valence-corrected chi connectivity index (χ0v) is 25.4. The lowest BCUT2D eigenvalue weighted by atomic mass is 10.1. The number of amides is 3. The number of hydrogen-bond donors (Lipinski definition) is 8. The molecule has 0 heterocycles. The number of aliphatic hydroxyl groups excluding tert-OH is 7. The first kappa shape index (κ1) is 33.6. The molecule has 0 aliphatic rings. The number of hydrogen-bond acceptors (Lipinski definition) is 10. The first-order valence-electron chi connectivity index (χ1n) is 10.5. The minimum absolute atomic E-state index is 0.0413. The molecule has 0 aliphatic carbocycles. The van der Waals surface area contributed by atoms with Gasteiger partial charge in [-0.1, -0.05) is 0 Å². The summed E-state index contributed by atoms with van der Waals surface area (Å²) in [6, 6.07) is 0. The van der Waals surface area contributed by atoms with Crippen molar-refractivity contribution >= 4 is 91.2 Å². The van der Waals surface area contributed by atoms with Gasteiger partial charge in [-0.05, 0) is 67.8 Å². The highest BCUT2D eigenvalue weighted by Crippen LogP contribution is 2.38. The van der Waals surface area contributed by atoms with E-state index in [2.05, 4.69) is 5.32 Å². The number of rotatable bonds is 14. The summed E-state index contributed by atoms with van der Waals surface area (Å²) in [4.78, 5) is 41.4. The number of carbonyl (C=O) groups is 3. The maximum Gasteiger partial charge on any atom is 0.256 e. The Morgan fingerprint density at radius 1 is 0.806 bits per heavy atom. The number of benzene rings is 1. The predicted molar refractivity (Wildman–Crippen MR) is 153 cm³/mol. The van der Waals surface area contributed by atoms with Crippen LogP contribution < -0.4 is 10.2 Å². The Bertz CT molecular complexity index is 937. The largest absolute Gasteiger partial charge is 0.395 e. The number of halogens is 3. The third-order valence-electron chi connectivity index (χ3n) is 4.77. The van der Waals surface area contributed by atoms with Crippen molar-refractivity contribution in [3.05, 3.63) is 21.8 Å². The van der Waals surface area contributed by atoms with E-state index in [4.69, 9.17) is 5.11 Å². The van der Waals surface area contributed by atoms with Crippen molar-refractivity contribution in [2.24, 2.45) is 0 Å². The van der Waals surface area contributed by atoms with Gasteiger partial charge in [-0.2, -0.15) is 0 Å². The lowest BCUT2D eigenvalue weighted by molar-refractivity contribution is -0.121. The van der Waals surface area contributed by atoms with Crippen molar-refractivity contribution in [3.63, 3.8) is 0 Å². The molecule has 2 unspecified atom stereocenters. The first-order valence-corrected chi connectivity index (χ1v) is 13.7. The number of carbonyl (C=O) groups excluding carboxylic acids is 3. The third-order valence-corrected chi connectivity index (χ3v) is 7.95. The molecule has 0 saturated heterocycles. The van der Waals surface area contributed by atoms with E-state index in [9.17, 15) is 45.0 Å². The zero-order chi connectivity index (χ0) is 27.6. The van der Waals surface area contributed by atoms with Gasteiger partial charge >= 0.3 is 0 Å². The highest BCUT2D eigenvalue weighted by atomic mass is 127. The summed E-state index contributed by atoms with van der Waals surface area (Å²) >= 11 is 5.38. The molecule has 0 spiro atoms. The SMILES string of the molecule is O=C(NCC(O)CO)c1c(I)c(C(=O)N(CCO)CC(O)CO)c(I)c(N(CCO)C(=O)CO)c1I. The molecule has 36 heavy (non-hydrogen) atoms. The van der Waals surface area contributed by atoms with Crippen LogP contribution in [-0.2, 0) is 4.79 Å². The van der Waals surface area contributed by atoms with E-state index in [1.165, 1.54) is 0 Å². The van der Waals surface area contributed by atoms with Gasteiger partial charge < -0.3 is 50.9 Å². The average Bonchev–Trinajstić information content (AvgIpc) is 2.85. The quantitative estimate of drug-likeness (QED) is 0.0939. The highest BCUT2D eigenvalue weighted by Gasteiger charge is 2.33. The highest BCUT2D eigenvalue weighted by molar-refractivity contribution is 14.1. The van der Waals surface area contributed by atoms with Gasteiger partial charge in [0, 0.05) is 29.7 Å². The Balaban J connectivity index is 3.88. The Kier molecular flexibility index (Phi) is 15.4. The number of anilines is 1. The molecular weight excluding hydrogens is 823 g/mol. The molecule has 0 fully saturated rings. The fourth-order valence-corrected chi connectivity index (χ4v) is 7.75. The molecule has 13 nitrogen and oxygen atoms in total. The number of nitrogens with zero attached hydrogens (tertiary/aromatic N) is 2. The molecule has 3 amide bonds. The van der Waals surface area contributed by atoms with Crippen molar-refractivity contribution in [3.8, 4) is 0 Å². The monoisotopic (exact) mass is 851 g/mol. The molecule has 0 aliphatic heterocycles. The second kappa shape index (κ2) is 16.5. The average molecular weight is 851 g/mol. The summed E-state index contributed by atoms with van der Waals surface area (Å²) in [6.45, 7) is -4.20. The maximum atomic E-state index is 13.6. The summed E-state index contributed by atoms with van der Waals surface area (Å²) in [5, 5.41) is 68.7. The minimum Gasteiger partial charge on any atom is -0.395 e. The van der Waals surface area contributed by atoms with Crippen molar-refractivity contribution in [2.45, 2.75) is 12.2 Å². The van der Waals surface area contributed by atoms with Crippen molar-refractivity contribution in [1.82, 2.24) is 10.2 Å². The molecule has 16 heteroatoms. The first-order chi connectivity index (χ1) is 17.0. The van der Waals surface area contributed by atoms with Crippen LogP contribution >= 0.6 is 67.8 Å². The van der Waals surface area contributed by atoms with Crippen LogP contribution in [-0.4, -0.2) is 130 Å². The second-order valence-corrected chi connectivity index (χ2v) is 10.6. The van der Waals surface area contributed by atoms with Crippen LogP contribution in [0.3, 0.4) is 0 Å². The van der Waals surface area contributed by atoms with Gasteiger partial charge in [0.05, 0.1) is 62.6 Å². The van der Waals surface area contributed by atoms with Crippen molar-refractivity contribution in [2.75, 3.05) is 64.1 Å². The molecule has 204 valence electrons. The van der Waals surface area contributed by atoms with Gasteiger partial charge in [0.25, 0.3) is 17.7 Å². The molecule has 0 radical (unpaired) electrons. The van der Waals surface area contributed by atoms with Gasteiger partial charge in [-0.15, -0.1) is 0 Å². The summed E-state index contributed by atoms with van der Waals surface area (Å²) in [7, 11) is 0. The van der Waals surface area contributed by atoms with Gasteiger partial charge in [-0.3, -0.25) is 14.4 Å². The Morgan fingerprint density at radius 3 is 1.86 bits per heavy atom. The number of aliphatic hydroxyl groups is 7. The predicted octanol–water partition coefficient (Wildman–Crippen LogP) is -2.31. The van der Waals surface area contributed by atoms with Gasteiger partial charge in [0.15, 0.2) is 0 Å². The molecule has 0 bridgehead atoms. The van der Waals surface area contributed by atoms with Crippen LogP contribution in [0.5, 0.6) is 0 Å². The molecule has 1 aromatic rings. The van der Waals surface area contributed by atoms with Crippen LogP contribution in [0.15, 0.2) is 0 Å². The van der Waals surface area contributed by atoms with Crippen molar-refractivity contribution < 1.29 is 50.1 Å². The van der Waals surface area contributed by atoms with E-state index >= 15 is 0 Å². The molecule has 2 atom stereocenters. The normalized spacial score (nSPS) is 12.7. The van der Waals surface area contributed by atoms with Crippen LogP contribution in [0, 0.1) is 10.7 Å². The third kappa shape index (κ3) is 8.53. The van der Waals surface area contributed by atoms with Crippen LogP contribution in [0.2, 0.25) is 0 Å². The zero-order valence-electron chi connectivity index (χ0n) is 18.9. The molecular formula is C20H28I3N3O10. The van der Waals surface area contributed by atoms with Gasteiger partial charge in [0.1, 0.15) is 6.61 Å². The summed E-state index contributed by atoms with van der Waals surface area (Å²) in [5.41, 5.74) is -0.0141. The van der Waals surface area contributed by atoms with Crippen LogP contribution in [0.25, 0.3) is 0 Å². The number of nitrogens with one attached hydrogen (secondary N) is 1. The van der Waals surface area contributed by atoms with Gasteiger partial charge in [-0.25, -0.2) is 0 Å². The van der Waals surface area contributed by atoms with Crippen LogP contribution in [0.1, 0.15) is 20.7 Å². The minimum atomic E-state index is -1.30. The van der Waals surface area contributed by atoms with E-state index in [0.717, 1.165) is 9.80 Å². The standard InChI is InChI=1S/C20H28I3N3O10/c21-15-13(19(35)24-5-10(32)7-29)16(22)18(26(2-4-28)12(34)9-31)17(23)14(15)20(36)25(1-3-27)6-11(33)8-30/h10-11,27-33H,1-9H2,(H,24,35).